The molecule has 0 saturated carbocycles. The van der Waals surface area contributed by atoms with Crippen LogP contribution in [0, 0.1) is 0 Å². The van der Waals surface area contributed by atoms with Crippen molar-refractivity contribution in [1.82, 2.24) is 10.3 Å². The largest absolute Gasteiger partial charge is 0.480 e. The van der Waals surface area contributed by atoms with Crippen LogP contribution in [-0.4, -0.2) is 47.5 Å². The SMILES string of the molecule is COc1ncccc1C(=O)NC(CO)CO. The average Bonchev–Trinajstić information content (AvgIpc) is 2.35. The molecular weight excluding hydrogens is 212 g/mol. The highest BCUT2D eigenvalue weighted by Crippen LogP contribution is 2.13. The second-order valence-electron chi connectivity index (χ2n) is 3.10. The summed E-state index contributed by atoms with van der Waals surface area (Å²) >= 11 is 0. The van der Waals surface area contributed by atoms with Crippen LogP contribution in [0.4, 0.5) is 0 Å². The number of rotatable bonds is 5. The normalized spacial score (nSPS) is 10.2. The van der Waals surface area contributed by atoms with Gasteiger partial charge in [-0.2, -0.15) is 0 Å². The lowest BCUT2D eigenvalue weighted by molar-refractivity contribution is 0.0875. The molecule has 0 aliphatic rings. The van der Waals surface area contributed by atoms with Crippen LogP contribution >= 0.6 is 0 Å². The molecule has 0 aliphatic heterocycles. The number of aromatic nitrogens is 1. The van der Waals surface area contributed by atoms with Gasteiger partial charge in [-0.25, -0.2) is 4.98 Å². The topological polar surface area (TPSA) is 91.7 Å². The molecule has 6 nitrogen and oxygen atoms in total. The fraction of sp³-hybridized carbons (Fsp3) is 0.400. The molecule has 88 valence electrons. The standard InChI is InChI=1S/C10H14N2O4/c1-16-10-8(3-2-4-11-10)9(15)12-7(5-13)6-14/h2-4,7,13-14H,5-6H2,1H3,(H,12,15). The summed E-state index contributed by atoms with van der Waals surface area (Å²) in [6, 6.07) is 2.47. The molecule has 6 heteroatoms. The molecule has 1 aromatic rings. The van der Waals surface area contributed by atoms with Gasteiger partial charge in [-0.1, -0.05) is 0 Å². The van der Waals surface area contributed by atoms with E-state index in [2.05, 4.69) is 10.3 Å². The van der Waals surface area contributed by atoms with E-state index in [0.29, 0.717) is 0 Å². The lowest BCUT2D eigenvalue weighted by Crippen LogP contribution is -2.40. The molecule has 3 N–H and O–H groups in total. The summed E-state index contributed by atoms with van der Waals surface area (Å²) in [7, 11) is 1.41. The van der Waals surface area contributed by atoms with Gasteiger partial charge in [0.25, 0.3) is 5.91 Å². The Kier molecular flexibility index (Phi) is 4.68. The average molecular weight is 226 g/mol. The van der Waals surface area contributed by atoms with Crippen LogP contribution in [0.5, 0.6) is 5.88 Å². The van der Waals surface area contributed by atoms with Crippen LogP contribution in [0.3, 0.4) is 0 Å². The Balaban J connectivity index is 2.79. The van der Waals surface area contributed by atoms with Crippen LogP contribution in [0.15, 0.2) is 18.3 Å². The Bertz CT molecular complexity index is 352. The maximum absolute atomic E-state index is 11.7. The van der Waals surface area contributed by atoms with Gasteiger partial charge in [0.1, 0.15) is 5.56 Å². The van der Waals surface area contributed by atoms with Crippen molar-refractivity contribution in [2.75, 3.05) is 20.3 Å². The molecule has 0 spiro atoms. The van der Waals surface area contributed by atoms with E-state index in [1.54, 1.807) is 12.1 Å². The molecule has 1 aromatic heterocycles. The molecule has 0 fully saturated rings. The lowest BCUT2D eigenvalue weighted by Gasteiger charge is -2.14. The molecule has 0 aromatic carbocycles. The molecule has 0 aliphatic carbocycles. The second kappa shape index (κ2) is 6.04. The van der Waals surface area contributed by atoms with Crippen molar-refractivity contribution in [3.63, 3.8) is 0 Å². The highest BCUT2D eigenvalue weighted by Gasteiger charge is 2.16. The Morgan fingerprint density at radius 2 is 2.25 bits per heavy atom. The van der Waals surface area contributed by atoms with Crippen LogP contribution in [0.1, 0.15) is 10.4 Å². The van der Waals surface area contributed by atoms with Crippen LogP contribution < -0.4 is 10.1 Å². The summed E-state index contributed by atoms with van der Waals surface area (Å²) in [4.78, 5) is 15.6. The fourth-order valence-electron chi connectivity index (χ4n) is 1.14. The molecule has 1 heterocycles. The van der Waals surface area contributed by atoms with E-state index < -0.39 is 11.9 Å². The van der Waals surface area contributed by atoms with Crippen molar-refractivity contribution in [2.45, 2.75) is 6.04 Å². The first-order chi connectivity index (χ1) is 7.72. The molecule has 0 radical (unpaired) electrons. The van der Waals surface area contributed by atoms with Gasteiger partial charge in [-0.05, 0) is 12.1 Å². The first-order valence-corrected chi connectivity index (χ1v) is 4.74. The van der Waals surface area contributed by atoms with E-state index in [-0.39, 0.29) is 24.7 Å². The third-order valence-electron chi connectivity index (χ3n) is 1.99. The summed E-state index contributed by atoms with van der Waals surface area (Å²) in [5.74, 6) is -0.243. The number of hydrogen-bond donors (Lipinski definition) is 3. The number of aliphatic hydroxyl groups is 2. The lowest BCUT2D eigenvalue weighted by atomic mass is 10.2. The molecule has 1 rings (SSSR count). The van der Waals surface area contributed by atoms with Crippen LogP contribution in [0.2, 0.25) is 0 Å². The van der Waals surface area contributed by atoms with Crippen molar-refractivity contribution < 1.29 is 19.7 Å². The van der Waals surface area contributed by atoms with Gasteiger partial charge in [0.2, 0.25) is 5.88 Å². The van der Waals surface area contributed by atoms with Crippen molar-refractivity contribution in [3.8, 4) is 5.88 Å². The number of hydrogen-bond acceptors (Lipinski definition) is 5. The highest BCUT2D eigenvalue weighted by atomic mass is 16.5. The van der Waals surface area contributed by atoms with Gasteiger partial charge in [0.15, 0.2) is 0 Å². The van der Waals surface area contributed by atoms with E-state index in [9.17, 15) is 4.79 Å². The minimum atomic E-state index is -0.683. The maximum atomic E-state index is 11.7. The maximum Gasteiger partial charge on any atom is 0.257 e. The predicted molar refractivity (Wildman–Crippen MR) is 56.2 cm³/mol. The minimum absolute atomic E-state index is 0.203. The minimum Gasteiger partial charge on any atom is -0.480 e. The van der Waals surface area contributed by atoms with E-state index >= 15 is 0 Å². The Hall–Kier alpha value is -1.66. The van der Waals surface area contributed by atoms with Gasteiger partial charge in [0, 0.05) is 6.20 Å². The zero-order chi connectivity index (χ0) is 12.0. The van der Waals surface area contributed by atoms with Crippen LogP contribution in [-0.2, 0) is 0 Å². The Labute approximate surface area is 92.9 Å². The highest BCUT2D eigenvalue weighted by molar-refractivity contribution is 5.96. The third-order valence-corrected chi connectivity index (χ3v) is 1.99. The number of carbonyl (C=O) groups is 1. The number of amides is 1. The Morgan fingerprint density at radius 1 is 1.56 bits per heavy atom. The first kappa shape index (κ1) is 12.4. The molecule has 0 unspecified atom stereocenters. The summed E-state index contributed by atoms with van der Waals surface area (Å²) in [5.41, 5.74) is 0.261. The summed E-state index contributed by atoms with van der Waals surface area (Å²) in [5, 5.41) is 20.1. The summed E-state index contributed by atoms with van der Waals surface area (Å²) in [6.07, 6.45) is 1.51. The zero-order valence-corrected chi connectivity index (χ0v) is 8.88. The smallest absolute Gasteiger partial charge is 0.257 e. The monoisotopic (exact) mass is 226 g/mol. The Morgan fingerprint density at radius 3 is 2.81 bits per heavy atom. The number of pyridine rings is 1. The van der Waals surface area contributed by atoms with Gasteiger partial charge >= 0.3 is 0 Å². The number of nitrogens with zero attached hydrogens (tertiary/aromatic N) is 1. The van der Waals surface area contributed by atoms with Crippen LogP contribution in [0.25, 0.3) is 0 Å². The third kappa shape index (κ3) is 2.91. The number of nitrogens with one attached hydrogen (secondary N) is 1. The molecule has 0 atom stereocenters. The van der Waals surface area contributed by atoms with Gasteiger partial charge in [-0.3, -0.25) is 4.79 Å². The van der Waals surface area contributed by atoms with Gasteiger partial charge in [-0.15, -0.1) is 0 Å². The van der Waals surface area contributed by atoms with E-state index in [0.717, 1.165) is 0 Å². The van der Waals surface area contributed by atoms with Crippen molar-refractivity contribution in [3.05, 3.63) is 23.9 Å². The molecule has 1 amide bonds. The van der Waals surface area contributed by atoms with E-state index in [4.69, 9.17) is 14.9 Å². The van der Waals surface area contributed by atoms with Crippen molar-refractivity contribution in [1.29, 1.82) is 0 Å². The van der Waals surface area contributed by atoms with Crippen molar-refractivity contribution in [2.24, 2.45) is 0 Å². The number of ether oxygens (including phenoxy) is 1. The second-order valence-corrected chi connectivity index (χ2v) is 3.10. The predicted octanol–water partition coefficient (Wildman–Crippen LogP) is -0.827. The molecule has 0 bridgehead atoms. The molecular formula is C10H14N2O4. The quantitative estimate of drug-likeness (QED) is 0.609. The summed E-state index contributed by atoms with van der Waals surface area (Å²) < 4.78 is 4.92. The molecule has 0 saturated heterocycles. The molecule has 16 heavy (non-hydrogen) atoms. The fourth-order valence-corrected chi connectivity index (χ4v) is 1.14. The zero-order valence-electron chi connectivity index (χ0n) is 8.88. The number of aliphatic hydroxyl groups excluding tert-OH is 2. The number of methoxy groups -OCH3 is 1. The van der Waals surface area contributed by atoms with Gasteiger partial charge < -0.3 is 20.3 Å². The van der Waals surface area contributed by atoms with Gasteiger partial charge in [0.05, 0.1) is 26.4 Å². The summed E-state index contributed by atoms with van der Waals surface area (Å²) in [6.45, 7) is -0.657. The van der Waals surface area contributed by atoms with E-state index in [1.807, 2.05) is 0 Å². The van der Waals surface area contributed by atoms with E-state index in [1.165, 1.54) is 13.3 Å². The number of carbonyl (C=O) groups excluding carboxylic acids is 1. The first-order valence-electron chi connectivity index (χ1n) is 4.74. The van der Waals surface area contributed by atoms with Crippen molar-refractivity contribution >= 4 is 5.91 Å².